The molecule has 1 heterocycles. The van der Waals surface area contributed by atoms with Gasteiger partial charge < -0.3 is 5.32 Å². The van der Waals surface area contributed by atoms with Crippen LogP contribution < -0.4 is 5.32 Å². The van der Waals surface area contributed by atoms with E-state index in [2.05, 4.69) is 10.3 Å². The third-order valence-corrected chi connectivity index (χ3v) is 4.95. The van der Waals surface area contributed by atoms with E-state index >= 15 is 0 Å². The summed E-state index contributed by atoms with van der Waals surface area (Å²) in [5, 5.41) is 6.34. The van der Waals surface area contributed by atoms with Crippen LogP contribution in [0.25, 0.3) is 0 Å². The van der Waals surface area contributed by atoms with Crippen LogP contribution in [0.5, 0.6) is 0 Å². The van der Waals surface area contributed by atoms with Crippen molar-refractivity contribution in [1.82, 2.24) is 4.98 Å². The minimum atomic E-state index is -3.13. The zero-order valence-corrected chi connectivity index (χ0v) is 12.7. The van der Waals surface area contributed by atoms with Crippen LogP contribution >= 0.6 is 11.3 Å². The molecule has 0 bridgehead atoms. The number of rotatable bonds is 4. The van der Waals surface area contributed by atoms with Gasteiger partial charge in [0.15, 0.2) is 9.84 Å². The molecule has 2 rings (SSSR count). The van der Waals surface area contributed by atoms with Gasteiger partial charge in [-0.15, -0.1) is 11.3 Å². The van der Waals surface area contributed by atoms with E-state index in [1.807, 2.05) is 19.2 Å². The predicted octanol–water partition coefficient (Wildman–Crippen LogP) is 3.03. The third kappa shape index (κ3) is 3.54. The molecule has 102 valence electrons. The van der Waals surface area contributed by atoms with E-state index < -0.39 is 9.84 Å². The number of aromatic nitrogens is 1. The summed E-state index contributed by atoms with van der Waals surface area (Å²) < 4.78 is 22.7. The third-order valence-electron chi connectivity index (χ3n) is 2.67. The fourth-order valence-electron chi connectivity index (χ4n) is 1.68. The smallest absolute Gasteiger partial charge is 0.175 e. The molecular formula is C13H16N2O2S2. The number of anilines is 1. The van der Waals surface area contributed by atoms with Crippen molar-refractivity contribution in [2.75, 3.05) is 11.6 Å². The first kappa shape index (κ1) is 14.0. The molecule has 0 saturated heterocycles. The Morgan fingerprint density at radius 2 is 1.89 bits per heavy atom. The molecule has 1 aromatic carbocycles. The van der Waals surface area contributed by atoms with Crippen molar-refractivity contribution >= 4 is 26.9 Å². The molecule has 2 aromatic rings. The van der Waals surface area contributed by atoms with Gasteiger partial charge in [-0.2, -0.15) is 0 Å². The van der Waals surface area contributed by atoms with Gasteiger partial charge in [0.1, 0.15) is 5.01 Å². The molecule has 0 radical (unpaired) electrons. The summed E-state index contributed by atoms with van der Waals surface area (Å²) in [6.07, 6.45) is 1.20. The van der Waals surface area contributed by atoms with E-state index in [-0.39, 0.29) is 6.04 Å². The molecule has 1 atom stereocenters. The van der Waals surface area contributed by atoms with E-state index in [0.29, 0.717) is 4.90 Å². The number of benzene rings is 1. The van der Waals surface area contributed by atoms with E-state index in [4.69, 9.17) is 0 Å². The molecule has 0 aliphatic heterocycles. The highest BCUT2D eigenvalue weighted by atomic mass is 32.2. The Morgan fingerprint density at radius 1 is 1.26 bits per heavy atom. The standard InChI is InChI=1S/C13H16N2O2S2/c1-9-8-18-13(14-9)10(2)15-11-4-6-12(7-5-11)19(3,16)17/h4-8,10,15H,1-3H3. The summed E-state index contributed by atoms with van der Waals surface area (Å²) in [5.74, 6) is 0. The van der Waals surface area contributed by atoms with E-state index in [0.717, 1.165) is 16.4 Å². The molecule has 0 spiro atoms. The summed E-state index contributed by atoms with van der Waals surface area (Å²) in [5.41, 5.74) is 1.90. The predicted molar refractivity (Wildman–Crippen MR) is 78.4 cm³/mol. The van der Waals surface area contributed by atoms with Gasteiger partial charge in [-0.1, -0.05) is 0 Å². The number of hydrogen-bond acceptors (Lipinski definition) is 5. The van der Waals surface area contributed by atoms with Gasteiger partial charge in [-0.05, 0) is 38.1 Å². The van der Waals surface area contributed by atoms with Crippen LogP contribution in [0.3, 0.4) is 0 Å². The van der Waals surface area contributed by atoms with Gasteiger partial charge in [-0.3, -0.25) is 0 Å². The maximum absolute atomic E-state index is 11.4. The molecule has 0 amide bonds. The fourth-order valence-corrected chi connectivity index (χ4v) is 3.12. The maximum Gasteiger partial charge on any atom is 0.175 e. The van der Waals surface area contributed by atoms with Crippen LogP contribution in [0.1, 0.15) is 23.7 Å². The zero-order chi connectivity index (χ0) is 14.0. The van der Waals surface area contributed by atoms with Crippen LogP contribution in [0, 0.1) is 6.92 Å². The second-order valence-electron chi connectivity index (χ2n) is 4.49. The molecule has 1 unspecified atom stereocenters. The first-order chi connectivity index (χ1) is 8.86. The Kier molecular flexibility index (Phi) is 3.91. The van der Waals surface area contributed by atoms with E-state index in [1.165, 1.54) is 6.26 Å². The van der Waals surface area contributed by atoms with Crippen LogP contribution in [0.15, 0.2) is 34.5 Å². The Labute approximate surface area is 117 Å². The van der Waals surface area contributed by atoms with Gasteiger partial charge in [0.25, 0.3) is 0 Å². The first-order valence-electron chi connectivity index (χ1n) is 5.85. The summed E-state index contributed by atoms with van der Waals surface area (Å²) in [4.78, 5) is 4.75. The lowest BCUT2D eigenvalue weighted by atomic mass is 10.3. The maximum atomic E-state index is 11.4. The van der Waals surface area contributed by atoms with Crippen LogP contribution in [-0.2, 0) is 9.84 Å². The van der Waals surface area contributed by atoms with Crippen molar-refractivity contribution in [3.05, 3.63) is 40.3 Å². The quantitative estimate of drug-likeness (QED) is 0.942. The Morgan fingerprint density at radius 3 is 2.37 bits per heavy atom. The average molecular weight is 296 g/mol. The highest BCUT2D eigenvalue weighted by Gasteiger charge is 2.10. The Hall–Kier alpha value is -1.40. The topological polar surface area (TPSA) is 59.1 Å². The van der Waals surface area contributed by atoms with Crippen LogP contribution in [-0.4, -0.2) is 19.7 Å². The van der Waals surface area contributed by atoms with Crippen molar-refractivity contribution in [3.63, 3.8) is 0 Å². The summed E-state index contributed by atoms with van der Waals surface area (Å²) in [6, 6.07) is 6.86. The molecule has 19 heavy (non-hydrogen) atoms. The number of sulfone groups is 1. The Bertz CT molecular complexity index is 660. The van der Waals surface area contributed by atoms with Gasteiger partial charge in [0, 0.05) is 23.0 Å². The molecule has 4 nitrogen and oxygen atoms in total. The van der Waals surface area contributed by atoms with Crippen molar-refractivity contribution in [3.8, 4) is 0 Å². The van der Waals surface area contributed by atoms with Gasteiger partial charge in [0.2, 0.25) is 0 Å². The summed E-state index contributed by atoms with van der Waals surface area (Å²) >= 11 is 1.61. The minimum absolute atomic E-state index is 0.0998. The largest absolute Gasteiger partial charge is 0.376 e. The molecule has 0 aliphatic rings. The summed E-state index contributed by atoms with van der Waals surface area (Å²) in [7, 11) is -3.13. The monoisotopic (exact) mass is 296 g/mol. The number of nitrogens with one attached hydrogen (secondary N) is 1. The highest BCUT2D eigenvalue weighted by Crippen LogP contribution is 2.23. The molecule has 0 aliphatic carbocycles. The molecular weight excluding hydrogens is 280 g/mol. The highest BCUT2D eigenvalue weighted by molar-refractivity contribution is 7.90. The molecule has 1 N–H and O–H groups in total. The minimum Gasteiger partial charge on any atom is -0.376 e. The molecule has 0 fully saturated rings. The van der Waals surface area contributed by atoms with Crippen molar-refractivity contribution in [2.24, 2.45) is 0 Å². The second-order valence-corrected chi connectivity index (χ2v) is 7.40. The normalized spacial score (nSPS) is 13.2. The molecule has 0 saturated carbocycles. The summed E-state index contributed by atoms with van der Waals surface area (Å²) in [6.45, 7) is 4.00. The van der Waals surface area contributed by atoms with Gasteiger partial charge in [-0.25, -0.2) is 13.4 Å². The average Bonchev–Trinajstić information content (AvgIpc) is 2.75. The SMILES string of the molecule is Cc1csc(C(C)Nc2ccc(S(C)(=O)=O)cc2)n1. The molecule has 6 heteroatoms. The molecule has 1 aromatic heterocycles. The zero-order valence-electron chi connectivity index (χ0n) is 11.0. The van der Waals surface area contributed by atoms with Crippen molar-refractivity contribution in [2.45, 2.75) is 24.8 Å². The van der Waals surface area contributed by atoms with Gasteiger partial charge >= 0.3 is 0 Å². The van der Waals surface area contributed by atoms with Crippen molar-refractivity contribution < 1.29 is 8.42 Å². The number of nitrogens with zero attached hydrogens (tertiary/aromatic N) is 1. The number of aryl methyl sites for hydroxylation is 1. The Balaban J connectivity index is 2.12. The van der Waals surface area contributed by atoms with E-state index in [9.17, 15) is 8.42 Å². The lowest BCUT2D eigenvalue weighted by Gasteiger charge is -2.13. The number of hydrogen-bond donors (Lipinski definition) is 1. The van der Waals surface area contributed by atoms with E-state index in [1.54, 1.807) is 35.6 Å². The van der Waals surface area contributed by atoms with Gasteiger partial charge in [0.05, 0.1) is 10.9 Å². The van der Waals surface area contributed by atoms with Crippen LogP contribution in [0.2, 0.25) is 0 Å². The van der Waals surface area contributed by atoms with Crippen LogP contribution in [0.4, 0.5) is 5.69 Å². The second kappa shape index (κ2) is 5.30. The lowest BCUT2D eigenvalue weighted by molar-refractivity contribution is 0.602. The fraction of sp³-hybridized carbons (Fsp3) is 0.308. The number of thiazole rings is 1. The lowest BCUT2D eigenvalue weighted by Crippen LogP contribution is -2.06. The first-order valence-corrected chi connectivity index (χ1v) is 8.62. The van der Waals surface area contributed by atoms with Crippen molar-refractivity contribution in [1.29, 1.82) is 0 Å².